The molecule has 28 heavy (non-hydrogen) atoms. The van der Waals surface area contributed by atoms with E-state index >= 15 is 0 Å². The molecular weight excluding hydrogens is 409 g/mol. The Balaban J connectivity index is 2.04. The van der Waals surface area contributed by atoms with Gasteiger partial charge < -0.3 is 9.84 Å². The molecule has 2 aromatic rings. The fourth-order valence-corrected chi connectivity index (χ4v) is 3.27. The maximum Gasteiger partial charge on any atom is 0.280 e. The number of nitro groups is 1. The molecule has 9 heteroatoms. The fraction of sp³-hybridized carbons (Fsp3) is 0.158. The highest BCUT2D eigenvalue weighted by atomic mass is 35.5. The summed E-state index contributed by atoms with van der Waals surface area (Å²) in [5, 5.41) is 21.9. The molecule has 0 aliphatic heterocycles. The highest BCUT2D eigenvalue weighted by molar-refractivity contribution is 6.35. The Labute approximate surface area is 169 Å². The van der Waals surface area contributed by atoms with Crippen LogP contribution in [-0.2, 0) is 4.79 Å². The zero-order valence-electron chi connectivity index (χ0n) is 14.3. The van der Waals surface area contributed by atoms with E-state index < -0.39 is 27.8 Å². The third-order valence-electron chi connectivity index (χ3n) is 4.14. The van der Waals surface area contributed by atoms with Crippen LogP contribution >= 0.6 is 23.2 Å². The van der Waals surface area contributed by atoms with E-state index in [0.29, 0.717) is 11.4 Å². The molecule has 0 amide bonds. The van der Waals surface area contributed by atoms with Crippen molar-refractivity contribution in [3.63, 3.8) is 0 Å². The van der Waals surface area contributed by atoms with Gasteiger partial charge in [0.15, 0.2) is 5.78 Å². The van der Waals surface area contributed by atoms with Crippen molar-refractivity contribution < 1.29 is 24.4 Å². The standard InChI is InChI=1S/C19H13Cl2NO6/c20-10-4-7-17(13(21)8-10)28-11-5-6-14(22(26)27)12(9-11)19(25)18-15(23)2-1-3-16(18)24/h4-9,23H,1-3H2. The summed E-state index contributed by atoms with van der Waals surface area (Å²) in [5.74, 6) is -1.49. The van der Waals surface area contributed by atoms with Gasteiger partial charge in [0.05, 0.1) is 9.95 Å². The van der Waals surface area contributed by atoms with Crippen molar-refractivity contribution in [1.29, 1.82) is 0 Å². The van der Waals surface area contributed by atoms with Gasteiger partial charge in [0, 0.05) is 23.9 Å². The number of nitro benzene ring substituents is 1. The topological polar surface area (TPSA) is 107 Å². The van der Waals surface area contributed by atoms with Gasteiger partial charge in [0.25, 0.3) is 5.69 Å². The average molecular weight is 422 g/mol. The van der Waals surface area contributed by atoms with Crippen LogP contribution in [0.5, 0.6) is 11.5 Å². The van der Waals surface area contributed by atoms with E-state index in [2.05, 4.69) is 0 Å². The predicted octanol–water partition coefficient (Wildman–Crippen LogP) is 5.44. The number of allylic oxidation sites excluding steroid dienone is 2. The van der Waals surface area contributed by atoms with E-state index in [9.17, 15) is 24.8 Å². The smallest absolute Gasteiger partial charge is 0.280 e. The first-order chi connectivity index (χ1) is 13.3. The molecule has 7 nitrogen and oxygen atoms in total. The first-order valence-corrected chi connectivity index (χ1v) is 8.95. The number of rotatable bonds is 5. The summed E-state index contributed by atoms with van der Waals surface area (Å²) in [5.41, 5.74) is -1.28. The third-order valence-corrected chi connectivity index (χ3v) is 4.67. The highest BCUT2D eigenvalue weighted by Crippen LogP contribution is 2.35. The van der Waals surface area contributed by atoms with Crippen molar-refractivity contribution in [2.45, 2.75) is 19.3 Å². The number of aliphatic hydroxyl groups is 1. The lowest BCUT2D eigenvalue weighted by molar-refractivity contribution is -0.385. The molecule has 1 aliphatic carbocycles. The van der Waals surface area contributed by atoms with Gasteiger partial charge >= 0.3 is 0 Å². The molecule has 0 saturated carbocycles. The number of carbonyl (C=O) groups excluding carboxylic acids is 2. The Bertz CT molecular complexity index is 1030. The number of benzene rings is 2. The van der Waals surface area contributed by atoms with Gasteiger partial charge in [-0.15, -0.1) is 0 Å². The number of hydrogen-bond donors (Lipinski definition) is 1. The Morgan fingerprint density at radius 1 is 1.14 bits per heavy atom. The van der Waals surface area contributed by atoms with Gasteiger partial charge in [-0.05, 0) is 36.8 Å². The van der Waals surface area contributed by atoms with Gasteiger partial charge in [0.1, 0.15) is 28.4 Å². The predicted molar refractivity (Wildman–Crippen MR) is 102 cm³/mol. The van der Waals surface area contributed by atoms with Crippen LogP contribution in [0.3, 0.4) is 0 Å². The highest BCUT2D eigenvalue weighted by Gasteiger charge is 2.32. The van der Waals surface area contributed by atoms with Crippen molar-refractivity contribution in [3.8, 4) is 11.5 Å². The monoisotopic (exact) mass is 421 g/mol. The van der Waals surface area contributed by atoms with E-state index in [-0.39, 0.29) is 40.7 Å². The SMILES string of the molecule is O=C1CCCC(O)=C1C(=O)c1cc(Oc2ccc(Cl)cc2Cl)ccc1[N+](=O)[O-]. The summed E-state index contributed by atoms with van der Waals surface area (Å²) >= 11 is 11.9. The molecule has 0 atom stereocenters. The Hall–Kier alpha value is -2.90. The van der Waals surface area contributed by atoms with Crippen LogP contribution in [0.4, 0.5) is 5.69 Å². The fourth-order valence-electron chi connectivity index (χ4n) is 2.82. The first kappa shape index (κ1) is 19.9. The van der Waals surface area contributed by atoms with Crippen LogP contribution in [0, 0.1) is 10.1 Å². The maximum atomic E-state index is 12.8. The summed E-state index contributed by atoms with van der Waals surface area (Å²) < 4.78 is 5.60. The molecule has 2 aromatic carbocycles. The quantitative estimate of drug-likeness (QED) is 0.298. The van der Waals surface area contributed by atoms with Crippen molar-refractivity contribution in [1.82, 2.24) is 0 Å². The summed E-state index contributed by atoms with van der Waals surface area (Å²) in [7, 11) is 0. The van der Waals surface area contributed by atoms with Crippen LogP contribution in [0.15, 0.2) is 47.7 Å². The maximum absolute atomic E-state index is 12.8. The summed E-state index contributed by atoms with van der Waals surface area (Å²) in [4.78, 5) is 35.5. The second kappa shape index (κ2) is 8.00. The summed E-state index contributed by atoms with van der Waals surface area (Å²) in [6, 6.07) is 8.05. The van der Waals surface area contributed by atoms with Crippen LogP contribution in [0.2, 0.25) is 10.0 Å². The van der Waals surface area contributed by atoms with Gasteiger partial charge in [-0.25, -0.2) is 0 Å². The average Bonchev–Trinajstić information content (AvgIpc) is 2.63. The van der Waals surface area contributed by atoms with Gasteiger partial charge in [-0.3, -0.25) is 19.7 Å². The Kier molecular flexibility index (Phi) is 5.67. The molecular formula is C19H13Cl2NO6. The van der Waals surface area contributed by atoms with E-state index in [4.69, 9.17) is 27.9 Å². The molecule has 0 fully saturated rings. The normalized spacial score (nSPS) is 14.1. The number of aliphatic hydroxyl groups excluding tert-OH is 1. The van der Waals surface area contributed by atoms with E-state index in [1.807, 2.05) is 0 Å². The minimum atomic E-state index is -0.915. The minimum absolute atomic E-state index is 0.0928. The molecule has 0 radical (unpaired) electrons. The van der Waals surface area contributed by atoms with Crippen LogP contribution < -0.4 is 4.74 Å². The molecule has 0 aromatic heterocycles. The van der Waals surface area contributed by atoms with E-state index in [1.165, 1.54) is 18.2 Å². The third kappa shape index (κ3) is 4.00. The first-order valence-electron chi connectivity index (χ1n) is 8.19. The number of nitrogens with zero attached hydrogens (tertiary/aromatic N) is 1. The zero-order valence-corrected chi connectivity index (χ0v) is 15.8. The molecule has 144 valence electrons. The lowest BCUT2D eigenvalue weighted by Crippen LogP contribution is -2.20. The molecule has 0 bridgehead atoms. The molecule has 0 spiro atoms. The molecule has 1 aliphatic rings. The summed E-state index contributed by atoms with van der Waals surface area (Å²) in [6.07, 6.45) is 0.675. The minimum Gasteiger partial charge on any atom is -0.511 e. The van der Waals surface area contributed by atoms with Crippen molar-refractivity contribution in [3.05, 3.63) is 73.5 Å². The zero-order chi connectivity index (χ0) is 20.4. The van der Waals surface area contributed by atoms with Gasteiger partial charge in [0.2, 0.25) is 5.78 Å². The lowest BCUT2D eigenvalue weighted by atomic mass is 9.90. The second-order valence-electron chi connectivity index (χ2n) is 6.04. The molecule has 0 heterocycles. The van der Waals surface area contributed by atoms with Crippen molar-refractivity contribution in [2.24, 2.45) is 0 Å². The largest absolute Gasteiger partial charge is 0.511 e. The second-order valence-corrected chi connectivity index (χ2v) is 6.88. The van der Waals surface area contributed by atoms with Crippen LogP contribution in [0.1, 0.15) is 29.6 Å². The number of carbonyl (C=O) groups is 2. The molecule has 0 unspecified atom stereocenters. The van der Waals surface area contributed by atoms with Gasteiger partial charge in [-0.1, -0.05) is 23.2 Å². The van der Waals surface area contributed by atoms with E-state index in [1.54, 1.807) is 6.07 Å². The number of ether oxygens (including phenoxy) is 1. The molecule has 0 saturated heterocycles. The lowest BCUT2D eigenvalue weighted by Gasteiger charge is -2.15. The number of hydrogen-bond acceptors (Lipinski definition) is 6. The number of halogens is 2. The molecule has 1 N–H and O–H groups in total. The van der Waals surface area contributed by atoms with Crippen LogP contribution in [-0.4, -0.2) is 21.6 Å². The van der Waals surface area contributed by atoms with Crippen molar-refractivity contribution >= 4 is 40.5 Å². The Morgan fingerprint density at radius 3 is 2.54 bits per heavy atom. The van der Waals surface area contributed by atoms with Gasteiger partial charge in [-0.2, -0.15) is 0 Å². The number of ketones is 2. The van der Waals surface area contributed by atoms with Crippen LogP contribution in [0.25, 0.3) is 0 Å². The van der Waals surface area contributed by atoms with E-state index in [0.717, 1.165) is 12.1 Å². The summed E-state index contributed by atoms with van der Waals surface area (Å²) in [6.45, 7) is 0. The number of Topliss-reactive ketones (excluding diaryl/α,β-unsaturated/α-hetero) is 2. The van der Waals surface area contributed by atoms with Crippen molar-refractivity contribution in [2.75, 3.05) is 0 Å². The Morgan fingerprint density at radius 2 is 1.89 bits per heavy atom. The molecule has 3 rings (SSSR count).